The van der Waals surface area contributed by atoms with Gasteiger partial charge in [0.05, 0.1) is 42.0 Å². The summed E-state index contributed by atoms with van der Waals surface area (Å²) < 4.78 is 6.62. The molecule has 47 heavy (non-hydrogen) atoms. The number of urea groups is 1. The SMILES string of the molecule is CNC(=O)[C@H]1CCCCN1C(=O)N1CCc2cccc(O[C@H]3CCN(C(=O)c4cncs4)C3)c2[C@H]1CN1C(=O)c2ccccc2C1=O. The first kappa shape index (κ1) is 30.9. The first-order valence-electron chi connectivity index (χ1n) is 16.1. The fraction of sp³-hybridized carbons (Fsp3) is 0.412. The Morgan fingerprint density at radius 3 is 2.47 bits per heavy atom. The van der Waals surface area contributed by atoms with E-state index < -0.39 is 23.9 Å². The molecule has 4 aliphatic heterocycles. The van der Waals surface area contributed by atoms with Gasteiger partial charge in [-0.3, -0.25) is 29.1 Å². The summed E-state index contributed by atoms with van der Waals surface area (Å²) in [6, 6.07) is 10.9. The number of ether oxygens (including phenoxy) is 1. The van der Waals surface area contributed by atoms with Gasteiger partial charge >= 0.3 is 6.03 Å². The van der Waals surface area contributed by atoms with Crippen LogP contribution in [0.15, 0.2) is 54.2 Å². The zero-order chi connectivity index (χ0) is 32.7. The predicted molar refractivity (Wildman–Crippen MR) is 172 cm³/mol. The van der Waals surface area contributed by atoms with Crippen LogP contribution < -0.4 is 10.1 Å². The molecule has 1 N–H and O–H groups in total. The lowest BCUT2D eigenvalue weighted by molar-refractivity contribution is -0.126. The summed E-state index contributed by atoms with van der Waals surface area (Å²) in [5, 5.41) is 2.70. The van der Waals surface area contributed by atoms with E-state index in [1.165, 1.54) is 16.2 Å². The van der Waals surface area contributed by atoms with Gasteiger partial charge in [-0.05, 0) is 49.4 Å². The summed E-state index contributed by atoms with van der Waals surface area (Å²) >= 11 is 1.30. The summed E-state index contributed by atoms with van der Waals surface area (Å²) in [6.07, 6.45) is 4.62. The molecule has 1 aromatic heterocycles. The van der Waals surface area contributed by atoms with Crippen molar-refractivity contribution < 1.29 is 28.7 Å². The molecule has 7 rings (SSSR count). The largest absolute Gasteiger partial charge is 0.488 e. The number of likely N-dealkylation sites (tertiary alicyclic amines) is 2. The summed E-state index contributed by atoms with van der Waals surface area (Å²) in [6.45, 7) is 1.65. The van der Waals surface area contributed by atoms with Crippen molar-refractivity contribution in [2.24, 2.45) is 0 Å². The summed E-state index contributed by atoms with van der Waals surface area (Å²) in [5.74, 6) is -0.549. The van der Waals surface area contributed by atoms with E-state index in [4.69, 9.17) is 4.74 Å². The number of rotatable bonds is 6. The molecule has 0 aliphatic carbocycles. The van der Waals surface area contributed by atoms with Gasteiger partial charge < -0.3 is 24.8 Å². The number of nitrogens with zero attached hydrogens (tertiary/aromatic N) is 5. The lowest BCUT2D eigenvalue weighted by Crippen LogP contribution is -2.57. The third kappa shape index (κ3) is 5.62. The molecule has 3 atom stereocenters. The van der Waals surface area contributed by atoms with E-state index in [1.807, 2.05) is 18.2 Å². The van der Waals surface area contributed by atoms with Crippen LogP contribution in [0.1, 0.15) is 73.2 Å². The van der Waals surface area contributed by atoms with Gasteiger partial charge in [-0.1, -0.05) is 24.3 Å². The Hall–Kier alpha value is -4.78. The molecule has 12 nitrogen and oxygen atoms in total. The minimum absolute atomic E-state index is 0.0649. The minimum atomic E-state index is -0.715. The van der Waals surface area contributed by atoms with Crippen molar-refractivity contribution in [2.75, 3.05) is 39.8 Å². The highest BCUT2D eigenvalue weighted by Crippen LogP contribution is 2.40. The van der Waals surface area contributed by atoms with E-state index in [2.05, 4.69) is 10.3 Å². The molecule has 2 aromatic carbocycles. The van der Waals surface area contributed by atoms with Gasteiger partial charge in [0.15, 0.2) is 0 Å². The van der Waals surface area contributed by atoms with Crippen molar-refractivity contribution in [3.05, 3.63) is 81.3 Å². The number of likely N-dealkylation sites (N-methyl/N-ethyl adjacent to an activating group) is 1. The molecule has 2 saturated heterocycles. The second-order valence-electron chi connectivity index (χ2n) is 12.3. The van der Waals surface area contributed by atoms with Gasteiger partial charge in [0.25, 0.3) is 17.7 Å². The maximum atomic E-state index is 14.4. The minimum Gasteiger partial charge on any atom is -0.488 e. The van der Waals surface area contributed by atoms with Crippen molar-refractivity contribution in [1.82, 2.24) is 29.9 Å². The van der Waals surface area contributed by atoms with Gasteiger partial charge in [-0.2, -0.15) is 0 Å². The monoisotopic (exact) mass is 656 g/mol. The quantitative estimate of drug-likeness (QED) is 0.403. The average molecular weight is 657 g/mol. The number of carbonyl (C=O) groups is 5. The van der Waals surface area contributed by atoms with Crippen LogP contribution in [0.25, 0.3) is 0 Å². The molecule has 0 saturated carbocycles. The molecule has 0 bridgehead atoms. The van der Waals surface area contributed by atoms with Crippen LogP contribution in [0.2, 0.25) is 0 Å². The van der Waals surface area contributed by atoms with E-state index in [9.17, 15) is 24.0 Å². The van der Waals surface area contributed by atoms with E-state index in [1.54, 1.807) is 57.7 Å². The van der Waals surface area contributed by atoms with Crippen molar-refractivity contribution in [1.29, 1.82) is 0 Å². The number of imide groups is 1. The number of benzene rings is 2. The Bertz CT molecular complexity index is 1690. The van der Waals surface area contributed by atoms with Crippen molar-refractivity contribution >= 4 is 41.0 Å². The Kier molecular flexibility index (Phi) is 8.39. The molecule has 3 aromatic rings. The van der Waals surface area contributed by atoms with Crippen LogP contribution in [-0.2, 0) is 11.2 Å². The van der Waals surface area contributed by atoms with Gasteiger partial charge in [0.2, 0.25) is 5.91 Å². The van der Waals surface area contributed by atoms with Crippen molar-refractivity contribution in [2.45, 2.75) is 50.3 Å². The molecule has 0 spiro atoms. The third-order valence-corrected chi connectivity index (χ3v) is 10.4. The summed E-state index contributed by atoms with van der Waals surface area (Å²) in [7, 11) is 1.57. The maximum absolute atomic E-state index is 14.4. The molecule has 5 heterocycles. The van der Waals surface area contributed by atoms with Gasteiger partial charge in [-0.15, -0.1) is 11.3 Å². The fourth-order valence-corrected chi connectivity index (χ4v) is 7.85. The van der Waals surface area contributed by atoms with Crippen LogP contribution in [0, 0.1) is 0 Å². The first-order chi connectivity index (χ1) is 22.9. The highest BCUT2D eigenvalue weighted by atomic mass is 32.1. The Balaban J connectivity index is 1.22. The number of hydrogen-bond acceptors (Lipinski definition) is 8. The van der Waals surface area contributed by atoms with Crippen LogP contribution in [-0.4, -0.2) is 106 Å². The number of aromatic nitrogens is 1. The third-order valence-electron chi connectivity index (χ3n) is 9.63. The number of nitrogens with one attached hydrogen (secondary N) is 1. The van der Waals surface area contributed by atoms with Gasteiger partial charge in [-0.25, -0.2) is 4.79 Å². The first-order valence-corrected chi connectivity index (χ1v) is 16.9. The van der Waals surface area contributed by atoms with Gasteiger partial charge in [0, 0.05) is 38.7 Å². The number of thiazole rings is 1. The predicted octanol–water partition coefficient (Wildman–Crippen LogP) is 3.35. The molecule has 6 amide bonds. The molecule has 0 radical (unpaired) electrons. The van der Waals surface area contributed by atoms with Crippen molar-refractivity contribution in [3.63, 3.8) is 0 Å². The lowest BCUT2D eigenvalue weighted by atomic mass is 9.91. The van der Waals surface area contributed by atoms with Crippen molar-refractivity contribution in [3.8, 4) is 5.75 Å². The van der Waals surface area contributed by atoms with Crippen LogP contribution in [0.5, 0.6) is 5.75 Å². The van der Waals surface area contributed by atoms with Crippen LogP contribution >= 0.6 is 11.3 Å². The smallest absolute Gasteiger partial charge is 0.321 e. The Morgan fingerprint density at radius 1 is 0.957 bits per heavy atom. The summed E-state index contributed by atoms with van der Waals surface area (Å²) in [5.41, 5.74) is 4.01. The van der Waals surface area contributed by atoms with Crippen LogP contribution in [0.3, 0.4) is 0 Å². The second-order valence-corrected chi connectivity index (χ2v) is 13.2. The van der Waals surface area contributed by atoms with E-state index in [-0.39, 0.29) is 30.5 Å². The number of piperidine rings is 1. The Labute approximate surface area is 276 Å². The molecule has 0 unspecified atom stereocenters. The van der Waals surface area contributed by atoms with E-state index in [0.717, 1.165) is 24.0 Å². The lowest BCUT2D eigenvalue weighted by Gasteiger charge is -2.44. The highest BCUT2D eigenvalue weighted by Gasteiger charge is 2.44. The molecular formula is C34H36N6O6S. The topological polar surface area (TPSA) is 132 Å². The average Bonchev–Trinajstić information content (AvgIpc) is 3.86. The molecule has 13 heteroatoms. The normalized spacial score (nSPS) is 22.3. The highest BCUT2D eigenvalue weighted by molar-refractivity contribution is 7.11. The standard InChI is InChI=1S/C34H36N6O6S/c1-35-30(41)25-10-4-5-14-38(25)34(45)39-16-12-21-7-6-11-27(46-22-13-15-37(18-22)33(44)28-17-36-20-47-28)29(21)26(39)19-40-31(42)23-8-2-3-9-24(23)32(40)43/h2-3,6-9,11,17,20,22,25-26H,4-5,10,12-16,18-19H2,1H3,(H,35,41)/t22-,25+,26+/m0/s1. The van der Waals surface area contributed by atoms with E-state index in [0.29, 0.717) is 67.2 Å². The molecule has 2 fully saturated rings. The van der Waals surface area contributed by atoms with Crippen LogP contribution in [0.4, 0.5) is 4.79 Å². The second kappa shape index (κ2) is 12.8. The number of carbonyl (C=O) groups excluding carboxylic acids is 5. The number of amides is 6. The fourth-order valence-electron chi connectivity index (χ4n) is 7.27. The maximum Gasteiger partial charge on any atom is 0.321 e. The number of fused-ring (bicyclic) bond motifs is 2. The summed E-state index contributed by atoms with van der Waals surface area (Å²) in [4.78, 5) is 78.4. The van der Waals surface area contributed by atoms with Gasteiger partial charge in [0.1, 0.15) is 22.8 Å². The zero-order valence-electron chi connectivity index (χ0n) is 26.1. The Morgan fingerprint density at radius 2 is 1.74 bits per heavy atom. The zero-order valence-corrected chi connectivity index (χ0v) is 26.9. The number of hydrogen-bond donors (Lipinski definition) is 1. The molecular weight excluding hydrogens is 620 g/mol. The molecule has 244 valence electrons. The molecule has 4 aliphatic rings. The van der Waals surface area contributed by atoms with E-state index >= 15 is 0 Å².